The second-order valence-electron chi connectivity index (χ2n) is 13.6. The average Bonchev–Trinajstić information content (AvgIpc) is 3.61. The van der Waals surface area contributed by atoms with Crippen LogP contribution < -0.4 is 0 Å². The van der Waals surface area contributed by atoms with Crippen molar-refractivity contribution >= 4 is 21.8 Å². The summed E-state index contributed by atoms with van der Waals surface area (Å²) >= 11 is 0. The number of para-hydroxylation sites is 1. The van der Waals surface area contributed by atoms with Crippen LogP contribution in [-0.2, 0) is 0 Å². The topological polar surface area (TPSA) is 43.6 Å². The van der Waals surface area contributed by atoms with Crippen molar-refractivity contribution in [2.24, 2.45) is 0 Å². The molecule has 0 spiro atoms. The Morgan fingerprint density at radius 1 is 0.291 bits per heavy atom. The van der Waals surface area contributed by atoms with Crippen molar-refractivity contribution < 1.29 is 0 Å². The number of hydrogen-bond acceptors (Lipinski definition) is 3. The molecule has 0 saturated heterocycles. The Bertz CT molecular complexity index is 2940. The average molecular weight is 703 g/mol. The van der Waals surface area contributed by atoms with Crippen LogP contribution in [0.15, 0.2) is 206 Å². The predicted molar refractivity (Wildman–Crippen MR) is 227 cm³/mol. The highest BCUT2D eigenvalue weighted by Crippen LogP contribution is 2.42. The number of benzene rings is 8. The van der Waals surface area contributed by atoms with E-state index in [0.717, 1.165) is 66.3 Å². The standard InChI is InChI=1S/C51H34N4/c1-5-17-35(18-6-1)36-29-31-37(32-30-36)41-33-45(39-21-9-3-10-22-39)48-44-27-15-16-28-46(44)55(47(48)34-41)51-53-49(40-23-11-4-12-24-40)52-50(54-51)43-26-14-13-25-42(43)38-19-7-2-8-20-38/h1-34H. The van der Waals surface area contributed by atoms with E-state index in [9.17, 15) is 0 Å². The molecule has 0 aliphatic carbocycles. The minimum atomic E-state index is 0.563. The van der Waals surface area contributed by atoms with Crippen molar-refractivity contribution in [2.75, 3.05) is 0 Å². The van der Waals surface area contributed by atoms with E-state index in [1.165, 1.54) is 11.1 Å². The summed E-state index contributed by atoms with van der Waals surface area (Å²) in [7, 11) is 0. The van der Waals surface area contributed by atoms with E-state index in [2.05, 4.69) is 187 Å². The molecule has 0 saturated carbocycles. The lowest BCUT2D eigenvalue weighted by molar-refractivity contribution is 0.954. The highest BCUT2D eigenvalue weighted by atomic mass is 15.2. The van der Waals surface area contributed by atoms with Crippen LogP contribution in [0.1, 0.15) is 0 Å². The van der Waals surface area contributed by atoms with Crippen LogP contribution in [0.2, 0.25) is 0 Å². The first-order chi connectivity index (χ1) is 27.3. The van der Waals surface area contributed by atoms with Crippen molar-refractivity contribution in [1.82, 2.24) is 19.5 Å². The lowest BCUT2D eigenvalue weighted by Crippen LogP contribution is -2.07. The lowest BCUT2D eigenvalue weighted by atomic mass is 9.93. The van der Waals surface area contributed by atoms with Gasteiger partial charge in [-0.2, -0.15) is 9.97 Å². The van der Waals surface area contributed by atoms with Crippen molar-refractivity contribution in [3.63, 3.8) is 0 Å². The molecule has 4 heteroatoms. The molecule has 258 valence electrons. The summed E-state index contributed by atoms with van der Waals surface area (Å²) in [5, 5.41) is 2.29. The summed E-state index contributed by atoms with van der Waals surface area (Å²) in [6.07, 6.45) is 0. The molecular formula is C51H34N4. The van der Waals surface area contributed by atoms with Crippen molar-refractivity contribution in [3.05, 3.63) is 206 Å². The maximum Gasteiger partial charge on any atom is 0.238 e. The summed E-state index contributed by atoms with van der Waals surface area (Å²) in [5.41, 5.74) is 13.0. The first kappa shape index (κ1) is 32.2. The Hall–Kier alpha value is -7.43. The van der Waals surface area contributed by atoms with E-state index in [4.69, 9.17) is 15.0 Å². The molecule has 2 heterocycles. The molecule has 8 aromatic carbocycles. The van der Waals surface area contributed by atoms with Crippen LogP contribution in [0.5, 0.6) is 0 Å². The van der Waals surface area contributed by atoms with Gasteiger partial charge in [-0.3, -0.25) is 4.57 Å². The van der Waals surface area contributed by atoms with Crippen molar-refractivity contribution in [1.29, 1.82) is 0 Å². The van der Waals surface area contributed by atoms with Gasteiger partial charge in [-0.1, -0.05) is 188 Å². The van der Waals surface area contributed by atoms with Crippen LogP contribution >= 0.6 is 0 Å². The molecular weight excluding hydrogens is 669 g/mol. The molecule has 0 fully saturated rings. The normalized spacial score (nSPS) is 11.3. The monoisotopic (exact) mass is 702 g/mol. The lowest BCUT2D eigenvalue weighted by Gasteiger charge is -2.14. The van der Waals surface area contributed by atoms with Crippen LogP contribution in [0.3, 0.4) is 0 Å². The quantitative estimate of drug-likeness (QED) is 0.166. The third-order valence-electron chi connectivity index (χ3n) is 10.3. The Morgan fingerprint density at radius 3 is 1.42 bits per heavy atom. The first-order valence-electron chi connectivity index (χ1n) is 18.5. The molecule has 10 aromatic rings. The summed E-state index contributed by atoms with van der Waals surface area (Å²) in [6.45, 7) is 0. The highest BCUT2D eigenvalue weighted by molar-refractivity contribution is 6.16. The highest BCUT2D eigenvalue weighted by Gasteiger charge is 2.22. The smallest absolute Gasteiger partial charge is 0.238 e. The molecule has 0 N–H and O–H groups in total. The summed E-state index contributed by atoms with van der Waals surface area (Å²) < 4.78 is 2.22. The van der Waals surface area contributed by atoms with Gasteiger partial charge in [-0.05, 0) is 62.7 Å². The molecule has 0 radical (unpaired) electrons. The fourth-order valence-corrected chi connectivity index (χ4v) is 7.66. The van der Waals surface area contributed by atoms with Crippen molar-refractivity contribution in [3.8, 4) is 73.2 Å². The number of hydrogen-bond donors (Lipinski definition) is 0. The van der Waals surface area contributed by atoms with E-state index in [0.29, 0.717) is 17.6 Å². The van der Waals surface area contributed by atoms with Gasteiger partial charge in [0.15, 0.2) is 11.6 Å². The molecule has 0 aliphatic rings. The van der Waals surface area contributed by atoms with E-state index in [1.807, 2.05) is 24.3 Å². The molecule has 55 heavy (non-hydrogen) atoms. The SMILES string of the molecule is c1ccc(-c2ccc(-c3cc(-c4ccccc4)c4c5ccccc5n(-c5nc(-c6ccccc6)nc(-c6ccccc6-c6ccccc6)n5)c4c3)cc2)cc1. The third-order valence-corrected chi connectivity index (χ3v) is 10.3. The third kappa shape index (κ3) is 5.96. The van der Waals surface area contributed by atoms with E-state index >= 15 is 0 Å². The van der Waals surface area contributed by atoms with Gasteiger partial charge in [-0.15, -0.1) is 0 Å². The fraction of sp³-hybridized carbons (Fsp3) is 0. The maximum absolute atomic E-state index is 5.35. The van der Waals surface area contributed by atoms with Gasteiger partial charge in [0.05, 0.1) is 11.0 Å². The van der Waals surface area contributed by atoms with Gasteiger partial charge in [0.25, 0.3) is 0 Å². The van der Waals surface area contributed by atoms with Gasteiger partial charge in [-0.25, -0.2) is 4.98 Å². The van der Waals surface area contributed by atoms with Gasteiger partial charge >= 0.3 is 0 Å². The number of aromatic nitrogens is 4. The van der Waals surface area contributed by atoms with E-state index in [1.54, 1.807) is 0 Å². The van der Waals surface area contributed by atoms with E-state index in [-0.39, 0.29) is 0 Å². The second kappa shape index (κ2) is 13.8. The summed E-state index contributed by atoms with van der Waals surface area (Å²) in [6, 6.07) is 72.2. The fourth-order valence-electron chi connectivity index (χ4n) is 7.66. The van der Waals surface area contributed by atoms with Gasteiger partial charge in [0, 0.05) is 21.9 Å². The van der Waals surface area contributed by atoms with Gasteiger partial charge in [0.1, 0.15) is 0 Å². The number of fused-ring (bicyclic) bond motifs is 3. The Morgan fingerprint density at radius 2 is 0.764 bits per heavy atom. The minimum absolute atomic E-state index is 0.563. The Balaban J connectivity index is 1.26. The van der Waals surface area contributed by atoms with Crippen LogP contribution in [0.25, 0.3) is 95.0 Å². The second-order valence-corrected chi connectivity index (χ2v) is 13.6. The molecule has 0 bridgehead atoms. The molecule has 0 unspecified atom stereocenters. The molecule has 0 atom stereocenters. The minimum Gasteiger partial charge on any atom is -0.278 e. The molecule has 10 rings (SSSR count). The van der Waals surface area contributed by atoms with E-state index < -0.39 is 0 Å². The predicted octanol–water partition coefficient (Wildman–Crippen LogP) is 13.0. The largest absolute Gasteiger partial charge is 0.278 e. The summed E-state index contributed by atoms with van der Waals surface area (Å²) in [5.74, 6) is 1.80. The zero-order valence-electron chi connectivity index (χ0n) is 29.9. The maximum atomic E-state index is 5.35. The number of rotatable bonds is 7. The van der Waals surface area contributed by atoms with Gasteiger partial charge in [0.2, 0.25) is 5.95 Å². The van der Waals surface area contributed by atoms with Crippen LogP contribution in [-0.4, -0.2) is 19.5 Å². The molecule has 2 aromatic heterocycles. The van der Waals surface area contributed by atoms with Crippen LogP contribution in [0.4, 0.5) is 0 Å². The van der Waals surface area contributed by atoms with Crippen LogP contribution in [0, 0.1) is 0 Å². The summed E-state index contributed by atoms with van der Waals surface area (Å²) in [4.78, 5) is 15.8. The first-order valence-corrected chi connectivity index (χ1v) is 18.5. The Labute approximate surface area is 319 Å². The molecule has 4 nitrogen and oxygen atoms in total. The molecule has 0 amide bonds. The van der Waals surface area contributed by atoms with Gasteiger partial charge < -0.3 is 0 Å². The Kier molecular flexibility index (Phi) is 8.12. The zero-order chi connectivity index (χ0) is 36.6. The zero-order valence-corrected chi connectivity index (χ0v) is 29.9. The number of nitrogens with zero attached hydrogens (tertiary/aromatic N) is 4. The molecule has 0 aliphatic heterocycles. The van der Waals surface area contributed by atoms with Crippen molar-refractivity contribution in [2.45, 2.75) is 0 Å².